The number of carbonyl (C=O) groups excluding carboxylic acids is 2. The first-order valence-corrected chi connectivity index (χ1v) is 10.1. The smallest absolute Gasteiger partial charge is 0.341 e. The van der Waals surface area contributed by atoms with Gasteiger partial charge in [-0.3, -0.25) is 14.5 Å². The summed E-state index contributed by atoms with van der Waals surface area (Å²) >= 11 is 12.7. The number of rotatable bonds is 7. The number of benzene rings is 2. The number of aliphatic carboxylic acids is 1. The second-order valence-corrected chi connectivity index (χ2v) is 7.92. The second-order valence-electron chi connectivity index (χ2n) is 6.11. The number of imide groups is 1. The van der Waals surface area contributed by atoms with Crippen LogP contribution in [-0.4, -0.2) is 40.8 Å². The Bertz CT molecular complexity index is 1060. The molecule has 0 aliphatic carbocycles. The fourth-order valence-corrected chi connectivity index (χ4v) is 3.80. The first kappa shape index (κ1) is 22.0. The van der Waals surface area contributed by atoms with Crippen LogP contribution in [0.15, 0.2) is 41.3 Å². The third-order valence-corrected chi connectivity index (χ3v) is 5.68. The van der Waals surface area contributed by atoms with Gasteiger partial charge in [0.25, 0.3) is 11.1 Å². The minimum atomic E-state index is -1.11. The number of hydrogen-bond acceptors (Lipinski definition) is 6. The van der Waals surface area contributed by atoms with Gasteiger partial charge in [-0.25, -0.2) is 4.79 Å². The van der Waals surface area contributed by atoms with Crippen molar-refractivity contribution in [3.8, 4) is 11.5 Å². The fraction of sp³-hybridized carbons (Fsp3) is 0.150. The predicted molar refractivity (Wildman–Crippen MR) is 114 cm³/mol. The fourth-order valence-electron chi connectivity index (χ4n) is 2.64. The van der Waals surface area contributed by atoms with Crippen molar-refractivity contribution in [2.45, 2.75) is 6.54 Å². The first-order valence-electron chi connectivity index (χ1n) is 8.50. The number of hydrogen-bond donors (Lipinski definition) is 1. The standard InChI is InChI=1S/C20H15Cl2NO6S/c1-28-16-7-11(3-5-15(16)29-10-18(24)25)8-17-19(26)23(20(27)30-17)9-12-2-4-13(21)14(22)6-12/h2-8H,9-10H2,1H3,(H,24,25)/b17-8-. The molecule has 0 unspecified atom stereocenters. The zero-order valence-electron chi connectivity index (χ0n) is 15.6. The maximum absolute atomic E-state index is 12.7. The Morgan fingerprint density at radius 1 is 1.13 bits per heavy atom. The molecule has 0 radical (unpaired) electrons. The molecule has 156 valence electrons. The number of carboxylic acid groups (broad SMARTS) is 1. The van der Waals surface area contributed by atoms with E-state index in [0.29, 0.717) is 26.9 Å². The van der Waals surface area contributed by atoms with E-state index in [4.69, 9.17) is 37.8 Å². The predicted octanol–water partition coefficient (Wildman–Crippen LogP) is 4.70. The van der Waals surface area contributed by atoms with Crippen LogP contribution in [0.25, 0.3) is 6.08 Å². The largest absolute Gasteiger partial charge is 0.493 e. The highest BCUT2D eigenvalue weighted by Gasteiger charge is 2.35. The molecule has 2 amide bonds. The van der Waals surface area contributed by atoms with E-state index in [0.717, 1.165) is 16.7 Å². The summed E-state index contributed by atoms with van der Waals surface area (Å²) < 4.78 is 10.4. The number of thioether (sulfide) groups is 1. The van der Waals surface area contributed by atoms with Gasteiger partial charge < -0.3 is 14.6 Å². The summed E-state index contributed by atoms with van der Waals surface area (Å²) in [6.07, 6.45) is 1.56. The molecule has 1 fully saturated rings. The van der Waals surface area contributed by atoms with E-state index >= 15 is 0 Å². The number of carboxylic acids is 1. The molecule has 2 aromatic carbocycles. The molecule has 1 aliphatic heterocycles. The third-order valence-electron chi connectivity index (χ3n) is 4.03. The van der Waals surface area contributed by atoms with Crippen LogP contribution in [0.2, 0.25) is 10.0 Å². The molecule has 10 heteroatoms. The van der Waals surface area contributed by atoms with Gasteiger partial charge in [-0.1, -0.05) is 35.3 Å². The average Bonchev–Trinajstić information content (AvgIpc) is 2.96. The summed E-state index contributed by atoms with van der Waals surface area (Å²) in [5, 5.41) is 9.06. The van der Waals surface area contributed by atoms with Crippen molar-refractivity contribution in [2.75, 3.05) is 13.7 Å². The summed E-state index contributed by atoms with van der Waals surface area (Å²) in [5.41, 5.74) is 1.27. The normalized spacial score (nSPS) is 15.0. The number of methoxy groups -OCH3 is 1. The topological polar surface area (TPSA) is 93.1 Å². The van der Waals surface area contributed by atoms with Crippen molar-refractivity contribution in [3.63, 3.8) is 0 Å². The number of halogens is 2. The van der Waals surface area contributed by atoms with Crippen molar-refractivity contribution in [1.29, 1.82) is 0 Å². The average molecular weight is 468 g/mol. The molecule has 7 nitrogen and oxygen atoms in total. The van der Waals surface area contributed by atoms with Gasteiger partial charge in [-0.2, -0.15) is 0 Å². The highest BCUT2D eigenvalue weighted by atomic mass is 35.5. The number of nitrogens with zero attached hydrogens (tertiary/aromatic N) is 1. The second kappa shape index (κ2) is 9.42. The molecule has 30 heavy (non-hydrogen) atoms. The molecule has 3 rings (SSSR count). The van der Waals surface area contributed by atoms with Gasteiger partial charge in [0, 0.05) is 0 Å². The monoisotopic (exact) mass is 467 g/mol. The Hall–Kier alpha value is -2.68. The summed E-state index contributed by atoms with van der Waals surface area (Å²) in [5.74, 6) is -0.983. The molecule has 0 bridgehead atoms. The van der Waals surface area contributed by atoms with Crippen LogP contribution in [-0.2, 0) is 16.1 Å². The molecular weight excluding hydrogens is 453 g/mol. The Morgan fingerprint density at radius 2 is 1.90 bits per heavy atom. The van der Waals surface area contributed by atoms with Crippen molar-refractivity contribution in [1.82, 2.24) is 4.90 Å². The van der Waals surface area contributed by atoms with Crippen LogP contribution in [0, 0.1) is 0 Å². The summed E-state index contributed by atoms with van der Waals surface area (Å²) in [6.45, 7) is -0.437. The quantitative estimate of drug-likeness (QED) is 0.589. The van der Waals surface area contributed by atoms with Gasteiger partial charge in [-0.15, -0.1) is 0 Å². The van der Waals surface area contributed by atoms with Crippen LogP contribution in [0.4, 0.5) is 4.79 Å². The minimum Gasteiger partial charge on any atom is -0.493 e. The Kier molecular flexibility index (Phi) is 6.91. The molecule has 0 spiro atoms. The van der Waals surface area contributed by atoms with E-state index in [9.17, 15) is 14.4 Å². The van der Waals surface area contributed by atoms with Crippen LogP contribution in [0.3, 0.4) is 0 Å². The van der Waals surface area contributed by atoms with Crippen LogP contribution >= 0.6 is 35.0 Å². The van der Waals surface area contributed by atoms with E-state index in [1.807, 2.05) is 0 Å². The van der Waals surface area contributed by atoms with E-state index in [2.05, 4.69) is 0 Å². The van der Waals surface area contributed by atoms with Gasteiger partial charge in [0.1, 0.15) is 0 Å². The lowest BCUT2D eigenvalue weighted by atomic mass is 10.1. The first-order chi connectivity index (χ1) is 14.3. The molecule has 1 N–H and O–H groups in total. The third kappa shape index (κ3) is 5.08. The van der Waals surface area contributed by atoms with Crippen LogP contribution < -0.4 is 9.47 Å². The van der Waals surface area contributed by atoms with Crippen molar-refractivity contribution < 1.29 is 29.0 Å². The highest BCUT2D eigenvalue weighted by molar-refractivity contribution is 8.18. The molecule has 1 saturated heterocycles. The van der Waals surface area contributed by atoms with E-state index in [1.165, 1.54) is 13.2 Å². The lowest BCUT2D eigenvalue weighted by Gasteiger charge is -2.13. The van der Waals surface area contributed by atoms with Crippen LogP contribution in [0.1, 0.15) is 11.1 Å². The van der Waals surface area contributed by atoms with Crippen LogP contribution in [0.5, 0.6) is 11.5 Å². The van der Waals surface area contributed by atoms with Gasteiger partial charge in [-0.05, 0) is 53.2 Å². The minimum absolute atomic E-state index is 0.0736. The Labute approximate surface area is 186 Å². The molecular formula is C20H15Cl2NO6S. The van der Waals surface area contributed by atoms with E-state index in [1.54, 1.807) is 36.4 Å². The maximum Gasteiger partial charge on any atom is 0.341 e. The molecule has 0 saturated carbocycles. The van der Waals surface area contributed by atoms with Gasteiger partial charge in [0.15, 0.2) is 18.1 Å². The van der Waals surface area contributed by atoms with Crippen molar-refractivity contribution in [3.05, 3.63) is 62.5 Å². The Morgan fingerprint density at radius 3 is 2.57 bits per heavy atom. The van der Waals surface area contributed by atoms with Crippen molar-refractivity contribution >= 4 is 58.2 Å². The maximum atomic E-state index is 12.7. The highest BCUT2D eigenvalue weighted by Crippen LogP contribution is 2.35. The van der Waals surface area contributed by atoms with Gasteiger partial charge in [0.05, 0.1) is 28.6 Å². The molecule has 2 aromatic rings. The zero-order valence-corrected chi connectivity index (χ0v) is 17.9. The molecule has 1 heterocycles. The molecule has 1 aliphatic rings. The molecule has 0 aromatic heterocycles. The Balaban J connectivity index is 1.79. The van der Waals surface area contributed by atoms with Gasteiger partial charge in [0.2, 0.25) is 0 Å². The number of ether oxygens (including phenoxy) is 2. The summed E-state index contributed by atoms with van der Waals surface area (Å²) in [6, 6.07) is 9.66. The van der Waals surface area contributed by atoms with Crippen molar-refractivity contribution in [2.24, 2.45) is 0 Å². The zero-order chi connectivity index (χ0) is 21.8. The number of amides is 2. The van der Waals surface area contributed by atoms with Gasteiger partial charge >= 0.3 is 5.97 Å². The lowest BCUT2D eigenvalue weighted by molar-refractivity contribution is -0.139. The van der Waals surface area contributed by atoms with E-state index < -0.39 is 23.7 Å². The van der Waals surface area contributed by atoms with E-state index in [-0.39, 0.29) is 17.2 Å². The number of carbonyl (C=O) groups is 3. The molecule has 0 atom stereocenters. The summed E-state index contributed by atoms with van der Waals surface area (Å²) in [4.78, 5) is 37.1. The summed E-state index contributed by atoms with van der Waals surface area (Å²) in [7, 11) is 1.41. The SMILES string of the molecule is COc1cc(/C=C2\SC(=O)N(Cc3ccc(Cl)c(Cl)c3)C2=O)ccc1OCC(=O)O. The lowest BCUT2D eigenvalue weighted by Crippen LogP contribution is -2.27.